The number of nitrogens with zero attached hydrogens (tertiary/aromatic N) is 1. The van der Waals surface area contributed by atoms with E-state index in [1.165, 1.54) is 64.3 Å². The summed E-state index contributed by atoms with van der Waals surface area (Å²) in [5.74, 6) is 0.926. The Bertz CT molecular complexity index is 1900. The summed E-state index contributed by atoms with van der Waals surface area (Å²) in [6, 6.07) is 27.4. The number of amides is 1. The highest BCUT2D eigenvalue weighted by molar-refractivity contribution is 6.13. The molecule has 46 heavy (non-hydrogen) atoms. The molecule has 3 aliphatic rings. The molecule has 3 unspecified atom stereocenters. The number of hydrogen-bond acceptors (Lipinski definition) is 2. The largest absolute Gasteiger partial charge is 0.478 e. The molecule has 0 spiro atoms. The maximum atomic E-state index is 14.0. The van der Waals surface area contributed by atoms with Crippen LogP contribution in [0, 0.1) is 18.8 Å². The lowest BCUT2D eigenvalue weighted by molar-refractivity contribution is -0.115. The van der Waals surface area contributed by atoms with Crippen LogP contribution < -0.4 is 4.90 Å². The first-order chi connectivity index (χ1) is 22.3. The molecule has 1 aliphatic heterocycles. The lowest BCUT2D eigenvalue weighted by atomic mass is 9.77. The first-order valence-corrected chi connectivity index (χ1v) is 17.0. The van der Waals surface area contributed by atoms with Crippen molar-refractivity contribution in [2.75, 3.05) is 11.4 Å². The van der Waals surface area contributed by atoms with Crippen LogP contribution in [0.15, 0.2) is 95.6 Å². The average molecular weight is 610 g/mol. The number of hydrogen-bond donors (Lipinski definition) is 1. The molecule has 0 aromatic heterocycles. The molecule has 0 bridgehead atoms. The second-order valence-corrected chi connectivity index (χ2v) is 13.7. The summed E-state index contributed by atoms with van der Waals surface area (Å²) in [5.41, 5.74) is 10.8. The summed E-state index contributed by atoms with van der Waals surface area (Å²) >= 11 is 0. The quantitative estimate of drug-likeness (QED) is 0.222. The zero-order valence-electron chi connectivity index (χ0n) is 27.2. The highest BCUT2D eigenvalue weighted by atomic mass is 16.4. The molecule has 4 nitrogen and oxygen atoms in total. The average Bonchev–Trinajstić information content (AvgIpc) is 3.50. The molecule has 2 aliphatic carbocycles. The molecule has 234 valence electrons. The third-order valence-electron chi connectivity index (χ3n) is 11.0. The number of anilines is 1. The molecule has 1 saturated carbocycles. The van der Waals surface area contributed by atoms with E-state index in [2.05, 4.69) is 81.4 Å². The number of fused-ring (bicyclic) bond motifs is 4. The fourth-order valence-electron chi connectivity index (χ4n) is 8.45. The van der Waals surface area contributed by atoms with E-state index in [9.17, 15) is 14.7 Å². The number of carbonyl (C=O) groups is 2. The van der Waals surface area contributed by atoms with Crippen molar-refractivity contribution in [3.8, 4) is 0 Å². The van der Waals surface area contributed by atoms with Crippen LogP contribution in [-0.2, 0) is 17.6 Å². The van der Waals surface area contributed by atoms with Gasteiger partial charge in [-0.2, -0.15) is 0 Å². The van der Waals surface area contributed by atoms with Gasteiger partial charge in [0, 0.05) is 17.8 Å². The highest BCUT2D eigenvalue weighted by Crippen LogP contribution is 2.49. The van der Waals surface area contributed by atoms with Crippen molar-refractivity contribution in [1.82, 2.24) is 0 Å². The summed E-state index contributed by atoms with van der Waals surface area (Å²) in [6.45, 7) is 6.89. The smallest absolute Gasteiger partial charge is 0.335 e. The van der Waals surface area contributed by atoms with Gasteiger partial charge < -0.3 is 10.0 Å². The molecular formula is C42H43NO3. The fraction of sp³-hybridized carbons (Fsp3) is 0.333. The van der Waals surface area contributed by atoms with Gasteiger partial charge in [-0.05, 0) is 145 Å². The molecule has 0 radical (unpaired) electrons. The van der Waals surface area contributed by atoms with Gasteiger partial charge in [-0.3, -0.25) is 4.79 Å². The number of carboxylic acids is 1. The van der Waals surface area contributed by atoms with Gasteiger partial charge in [-0.15, -0.1) is 0 Å². The van der Waals surface area contributed by atoms with Gasteiger partial charge in [0.05, 0.1) is 5.56 Å². The van der Waals surface area contributed by atoms with E-state index in [1.54, 1.807) is 29.2 Å². The summed E-state index contributed by atoms with van der Waals surface area (Å²) < 4.78 is 0. The van der Waals surface area contributed by atoms with E-state index in [4.69, 9.17) is 0 Å². The molecular weight excluding hydrogens is 566 g/mol. The van der Waals surface area contributed by atoms with E-state index < -0.39 is 5.97 Å². The van der Waals surface area contributed by atoms with Crippen molar-refractivity contribution in [2.24, 2.45) is 11.8 Å². The monoisotopic (exact) mass is 609 g/mol. The minimum atomic E-state index is -0.968. The van der Waals surface area contributed by atoms with E-state index in [-0.39, 0.29) is 11.5 Å². The van der Waals surface area contributed by atoms with Crippen molar-refractivity contribution >= 4 is 34.4 Å². The van der Waals surface area contributed by atoms with Crippen molar-refractivity contribution in [1.29, 1.82) is 0 Å². The van der Waals surface area contributed by atoms with Crippen molar-refractivity contribution < 1.29 is 14.7 Å². The summed E-state index contributed by atoms with van der Waals surface area (Å²) in [7, 11) is 0. The van der Waals surface area contributed by atoms with Crippen LogP contribution in [0.1, 0.15) is 90.0 Å². The topological polar surface area (TPSA) is 57.6 Å². The molecule has 4 aromatic rings. The fourth-order valence-corrected chi connectivity index (χ4v) is 8.45. The predicted molar refractivity (Wildman–Crippen MR) is 187 cm³/mol. The van der Waals surface area contributed by atoms with Gasteiger partial charge in [0.1, 0.15) is 0 Å². The van der Waals surface area contributed by atoms with Crippen molar-refractivity contribution in [3.05, 3.63) is 129 Å². The zero-order chi connectivity index (χ0) is 31.9. The first kappa shape index (κ1) is 30.2. The summed E-state index contributed by atoms with van der Waals surface area (Å²) in [4.78, 5) is 27.2. The Hall–Kier alpha value is -4.44. The Balaban J connectivity index is 1.17. The van der Waals surface area contributed by atoms with E-state index in [1.807, 2.05) is 0 Å². The number of benzene rings is 4. The standard InChI is InChI=1S/C42H43NO3/c1-4-30-25-43(36-18-16-32(17-19-36)42(45)46)41(44)39(27(30)3)23-29-9-12-31-14-15-35(37-6-5-7-38(37)40(31)24-29)22-28-10-13-33-20-26(2)8-11-34(33)21-28/h8-13,16-21,23-24,35,37-38H,4-7,14-15,22,25H2,1-3H3,(H,45,46). The number of rotatable bonds is 6. The molecule has 4 heteroatoms. The number of aromatic carboxylic acids is 1. The van der Waals surface area contributed by atoms with E-state index in [0.717, 1.165) is 41.7 Å². The molecule has 3 atom stereocenters. The number of carbonyl (C=O) groups excluding carboxylic acids is 1. The summed E-state index contributed by atoms with van der Waals surface area (Å²) in [6.07, 6.45) is 10.2. The van der Waals surface area contributed by atoms with Crippen LogP contribution in [0.5, 0.6) is 0 Å². The Morgan fingerprint density at radius 2 is 1.70 bits per heavy atom. The number of carboxylic acid groups (broad SMARTS) is 1. The van der Waals surface area contributed by atoms with Gasteiger partial charge in [0.25, 0.3) is 5.91 Å². The molecule has 1 fully saturated rings. The van der Waals surface area contributed by atoms with Crippen LogP contribution in [0.25, 0.3) is 16.8 Å². The van der Waals surface area contributed by atoms with E-state index >= 15 is 0 Å². The van der Waals surface area contributed by atoms with Crippen LogP contribution in [0.2, 0.25) is 0 Å². The van der Waals surface area contributed by atoms with Gasteiger partial charge >= 0.3 is 5.97 Å². The lowest BCUT2D eigenvalue weighted by Crippen LogP contribution is -2.38. The Labute approximate surface area is 272 Å². The molecule has 4 aromatic carbocycles. The minimum absolute atomic E-state index is 0.0305. The van der Waals surface area contributed by atoms with Gasteiger partial charge in [-0.25, -0.2) is 4.79 Å². The molecule has 1 amide bonds. The molecule has 1 heterocycles. The maximum Gasteiger partial charge on any atom is 0.335 e. The maximum absolute atomic E-state index is 14.0. The normalized spacial score (nSPS) is 22.2. The lowest BCUT2D eigenvalue weighted by Gasteiger charge is -2.31. The van der Waals surface area contributed by atoms with Crippen LogP contribution in [-0.4, -0.2) is 23.5 Å². The SMILES string of the molecule is CCC1=C(C)C(=Cc2ccc3c(c2)C2CCCC2C(Cc2ccc4cc(C)ccc4c2)CC3)C(=O)N(c2ccc(C(=O)O)cc2)C1. The predicted octanol–water partition coefficient (Wildman–Crippen LogP) is 9.69. The molecule has 7 rings (SSSR count). The Morgan fingerprint density at radius 3 is 2.48 bits per heavy atom. The number of aryl methyl sites for hydroxylation is 2. The van der Waals surface area contributed by atoms with Crippen molar-refractivity contribution in [3.63, 3.8) is 0 Å². The van der Waals surface area contributed by atoms with Gasteiger partial charge in [0.2, 0.25) is 0 Å². The van der Waals surface area contributed by atoms with Crippen LogP contribution in [0.3, 0.4) is 0 Å². The zero-order valence-corrected chi connectivity index (χ0v) is 27.2. The summed E-state index contributed by atoms with van der Waals surface area (Å²) in [5, 5.41) is 12.0. The third-order valence-corrected chi connectivity index (χ3v) is 11.0. The van der Waals surface area contributed by atoms with Gasteiger partial charge in [-0.1, -0.05) is 73.5 Å². The highest BCUT2D eigenvalue weighted by Gasteiger charge is 2.38. The van der Waals surface area contributed by atoms with Crippen molar-refractivity contribution in [2.45, 2.75) is 71.6 Å². The third kappa shape index (κ3) is 5.70. The Kier molecular flexibility index (Phi) is 8.15. The second kappa shape index (κ2) is 12.4. The molecule has 1 N–H and O–H groups in total. The Morgan fingerprint density at radius 1 is 0.913 bits per heavy atom. The second-order valence-electron chi connectivity index (χ2n) is 13.7. The van der Waals surface area contributed by atoms with E-state index in [0.29, 0.717) is 24.3 Å². The minimum Gasteiger partial charge on any atom is -0.478 e. The van der Waals surface area contributed by atoms with Crippen LogP contribution >= 0.6 is 0 Å². The van der Waals surface area contributed by atoms with Gasteiger partial charge in [0.15, 0.2) is 0 Å². The first-order valence-electron chi connectivity index (χ1n) is 17.0. The van der Waals surface area contributed by atoms with Crippen LogP contribution in [0.4, 0.5) is 5.69 Å². The molecule has 0 saturated heterocycles.